The summed E-state index contributed by atoms with van der Waals surface area (Å²) >= 11 is 0. The summed E-state index contributed by atoms with van der Waals surface area (Å²) in [6, 6.07) is 0.490. The van der Waals surface area contributed by atoms with Gasteiger partial charge in [0.15, 0.2) is 0 Å². The van der Waals surface area contributed by atoms with Crippen molar-refractivity contribution in [3.05, 3.63) is 11.4 Å². The number of nitrogens with zero attached hydrogens (tertiary/aromatic N) is 3. The fourth-order valence-electron chi connectivity index (χ4n) is 2.39. The van der Waals surface area contributed by atoms with E-state index < -0.39 is 0 Å². The Kier molecular flexibility index (Phi) is 4.90. The van der Waals surface area contributed by atoms with Crippen LogP contribution in [0.5, 0.6) is 0 Å². The van der Waals surface area contributed by atoms with E-state index in [-0.39, 0.29) is 5.91 Å². The third-order valence-corrected chi connectivity index (χ3v) is 3.75. The zero-order valence-electron chi connectivity index (χ0n) is 11.7. The lowest BCUT2D eigenvalue weighted by Crippen LogP contribution is -2.32. The monoisotopic (exact) mass is 266 g/mol. The SMILES string of the molecule is Cc1nonc1CNC(=O)CC[C@H](C)N1CCCC1. The first-order valence-corrected chi connectivity index (χ1v) is 6.95. The minimum atomic E-state index is 0.0634. The molecule has 1 N–H and O–H groups in total. The molecule has 0 spiro atoms. The molecule has 1 aliphatic rings. The Morgan fingerprint density at radius 3 is 2.79 bits per heavy atom. The van der Waals surface area contributed by atoms with E-state index in [9.17, 15) is 4.79 Å². The van der Waals surface area contributed by atoms with Crippen LogP contribution in [0, 0.1) is 6.92 Å². The number of hydrogen-bond donors (Lipinski definition) is 1. The van der Waals surface area contributed by atoms with Crippen molar-refractivity contribution in [2.75, 3.05) is 13.1 Å². The quantitative estimate of drug-likeness (QED) is 0.839. The highest BCUT2D eigenvalue weighted by atomic mass is 16.6. The lowest BCUT2D eigenvalue weighted by molar-refractivity contribution is -0.121. The highest BCUT2D eigenvalue weighted by Gasteiger charge is 2.18. The van der Waals surface area contributed by atoms with Gasteiger partial charge in [-0.15, -0.1) is 0 Å². The maximum absolute atomic E-state index is 11.8. The number of carbonyl (C=O) groups excluding carboxylic acids is 1. The molecule has 0 aliphatic carbocycles. The van der Waals surface area contributed by atoms with Crippen molar-refractivity contribution in [3.63, 3.8) is 0 Å². The van der Waals surface area contributed by atoms with Crippen molar-refractivity contribution >= 4 is 5.91 Å². The van der Waals surface area contributed by atoms with Gasteiger partial charge in [-0.25, -0.2) is 4.63 Å². The maximum atomic E-state index is 11.8. The maximum Gasteiger partial charge on any atom is 0.220 e. The van der Waals surface area contributed by atoms with Gasteiger partial charge in [0.05, 0.1) is 6.54 Å². The van der Waals surface area contributed by atoms with Crippen molar-refractivity contribution in [1.29, 1.82) is 0 Å². The van der Waals surface area contributed by atoms with Gasteiger partial charge in [0.2, 0.25) is 5.91 Å². The molecule has 1 atom stereocenters. The van der Waals surface area contributed by atoms with Crippen LogP contribution in [0.4, 0.5) is 0 Å². The lowest BCUT2D eigenvalue weighted by Gasteiger charge is -2.23. The van der Waals surface area contributed by atoms with Crippen LogP contribution in [0.1, 0.15) is 44.0 Å². The molecule has 6 nitrogen and oxygen atoms in total. The standard InChI is InChI=1S/C13H22N4O2/c1-10(17-7-3-4-8-17)5-6-13(18)14-9-12-11(2)15-19-16-12/h10H,3-9H2,1-2H3,(H,14,18)/t10-/m0/s1. The van der Waals surface area contributed by atoms with Gasteiger partial charge in [-0.1, -0.05) is 10.3 Å². The second kappa shape index (κ2) is 6.65. The van der Waals surface area contributed by atoms with E-state index in [4.69, 9.17) is 0 Å². The molecule has 1 aromatic rings. The van der Waals surface area contributed by atoms with E-state index >= 15 is 0 Å². The highest BCUT2D eigenvalue weighted by molar-refractivity contribution is 5.75. The number of likely N-dealkylation sites (tertiary alicyclic amines) is 1. The Morgan fingerprint density at radius 2 is 2.16 bits per heavy atom. The Balaban J connectivity index is 1.65. The number of aryl methyl sites for hydroxylation is 1. The third-order valence-electron chi connectivity index (χ3n) is 3.75. The topological polar surface area (TPSA) is 71.3 Å². The van der Waals surface area contributed by atoms with Gasteiger partial charge >= 0.3 is 0 Å². The fourth-order valence-corrected chi connectivity index (χ4v) is 2.39. The first-order valence-electron chi connectivity index (χ1n) is 6.95. The molecule has 1 fully saturated rings. The predicted molar refractivity (Wildman–Crippen MR) is 70.4 cm³/mol. The van der Waals surface area contributed by atoms with Crippen LogP contribution in [-0.2, 0) is 11.3 Å². The van der Waals surface area contributed by atoms with E-state index in [0.717, 1.165) is 12.1 Å². The first-order chi connectivity index (χ1) is 9.16. The molecule has 19 heavy (non-hydrogen) atoms. The number of aromatic nitrogens is 2. The fraction of sp³-hybridized carbons (Fsp3) is 0.769. The van der Waals surface area contributed by atoms with Crippen molar-refractivity contribution in [3.8, 4) is 0 Å². The van der Waals surface area contributed by atoms with E-state index in [1.807, 2.05) is 6.92 Å². The van der Waals surface area contributed by atoms with Gasteiger partial charge in [0.1, 0.15) is 11.4 Å². The summed E-state index contributed by atoms with van der Waals surface area (Å²) in [6.45, 7) is 6.75. The smallest absolute Gasteiger partial charge is 0.220 e. The van der Waals surface area contributed by atoms with Gasteiger partial charge in [-0.05, 0) is 46.2 Å². The van der Waals surface area contributed by atoms with Crippen LogP contribution < -0.4 is 5.32 Å². The molecule has 2 rings (SSSR count). The van der Waals surface area contributed by atoms with Crippen LogP contribution >= 0.6 is 0 Å². The molecule has 1 amide bonds. The minimum Gasteiger partial charge on any atom is -0.350 e. The molecule has 0 saturated carbocycles. The van der Waals surface area contributed by atoms with Gasteiger partial charge < -0.3 is 10.2 Å². The number of carbonyl (C=O) groups is 1. The molecule has 1 aromatic heterocycles. The molecule has 2 heterocycles. The first kappa shape index (κ1) is 14.0. The summed E-state index contributed by atoms with van der Waals surface area (Å²) in [4.78, 5) is 14.2. The third kappa shape index (κ3) is 4.02. The molecule has 6 heteroatoms. The number of amides is 1. The Bertz CT molecular complexity index is 413. The normalized spacial score (nSPS) is 17.6. The summed E-state index contributed by atoms with van der Waals surface area (Å²) < 4.78 is 4.59. The average molecular weight is 266 g/mol. The molecule has 0 radical (unpaired) electrons. The Morgan fingerprint density at radius 1 is 1.42 bits per heavy atom. The van der Waals surface area contributed by atoms with E-state index in [1.54, 1.807) is 0 Å². The zero-order chi connectivity index (χ0) is 13.7. The number of hydrogen-bond acceptors (Lipinski definition) is 5. The van der Waals surface area contributed by atoms with E-state index in [0.29, 0.717) is 24.7 Å². The minimum absolute atomic E-state index is 0.0634. The summed E-state index contributed by atoms with van der Waals surface area (Å²) in [7, 11) is 0. The van der Waals surface area contributed by atoms with Gasteiger partial charge in [-0.3, -0.25) is 4.79 Å². The summed E-state index contributed by atoms with van der Waals surface area (Å²) in [5.41, 5.74) is 1.42. The summed E-state index contributed by atoms with van der Waals surface area (Å²) in [5.74, 6) is 0.0634. The van der Waals surface area contributed by atoms with E-state index in [2.05, 4.69) is 32.1 Å². The van der Waals surface area contributed by atoms with Crippen LogP contribution in [0.3, 0.4) is 0 Å². The van der Waals surface area contributed by atoms with E-state index in [1.165, 1.54) is 25.9 Å². The summed E-state index contributed by atoms with van der Waals surface area (Å²) in [5, 5.41) is 10.3. The zero-order valence-corrected chi connectivity index (χ0v) is 11.7. The van der Waals surface area contributed by atoms with Crippen molar-refractivity contribution in [2.24, 2.45) is 0 Å². The molecule has 106 valence electrons. The summed E-state index contributed by atoms with van der Waals surface area (Å²) in [6.07, 6.45) is 4.04. The average Bonchev–Trinajstić information content (AvgIpc) is 3.05. The second-order valence-corrected chi connectivity index (χ2v) is 5.20. The predicted octanol–water partition coefficient (Wildman–Crippen LogP) is 1.26. The van der Waals surface area contributed by atoms with Gasteiger partial charge in [0.25, 0.3) is 0 Å². The molecule has 0 bridgehead atoms. The van der Waals surface area contributed by atoms with Crippen molar-refractivity contribution in [2.45, 2.75) is 52.1 Å². The number of nitrogens with one attached hydrogen (secondary N) is 1. The van der Waals surface area contributed by atoms with Crippen molar-refractivity contribution < 1.29 is 9.42 Å². The van der Waals surface area contributed by atoms with Crippen LogP contribution in [0.25, 0.3) is 0 Å². The van der Waals surface area contributed by atoms with Crippen LogP contribution in [0.15, 0.2) is 4.63 Å². The Labute approximate surface area is 113 Å². The molecular formula is C13H22N4O2. The molecular weight excluding hydrogens is 244 g/mol. The largest absolute Gasteiger partial charge is 0.350 e. The lowest BCUT2D eigenvalue weighted by atomic mass is 10.1. The molecule has 1 saturated heterocycles. The molecule has 0 aromatic carbocycles. The highest BCUT2D eigenvalue weighted by Crippen LogP contribution is 2.14. The Hall–Kier alpha value is -1.43. The van der Waals surface area contributed by atoms with Gasteiger partial charge in [-0.2, -0.15) is 0 Å². The number of rotatable bonds is 6. The molecule has 0 unspecified atom stereocenters. The van der Waals surface area contributed by atoms with Crippen LogP contribution in [-0.4, -0.2) is 40.3 Å². The van der Waals surface area contributed by atoms with Crippen molar-refractivity contribution in [1.82, 2.24) is 20.5 Å². The van der Waals surface area contributed by atoms with Crippen LogP contribution in [0.2, 0.25) is 0 Å². The second-order valence-electron chi connectivity index (χ2n) is 5.20. The molecule has 1 aliphatic heterocycles. The van der Waals surface area contributed by atoms with Gasteiger partial charge in [0, 0.05) is 12.5 Å².